The molecule has 0 spiro atoms. The molecule has 4 rings (SSSR count). The highest BCUT2D eigenvalue weighted by molar-refractivity contribution is 7.98. The van der Waals surface area contributed by atoms with Gasteiger partial charge in [-0.15, -0.1) is 10.2 Å². The fraction of sp³-hybridized carbons (Fsp3) is 0.217. The molecule has 0 bridgehead atoms. The van der Waals surface area contributed by atoms with E-state index in [2.05, 4.69) is 93.3 Å². The van der Waals surface area contributed by atoms with E-state index in [0.29, 0.717) is 0 Å². The Kier molecular flexibility index (Phi) is 5.35. The third-order valence-corrected chi connectivity index (χ3v) is 5.93. The minimum absolute atomic E-state index is 0.843. The van der Waals surface area contributed by atoms with Crippen molar-refractivity contribution in [1.82, 2.24) is 14.8 Å². The zero-order valence-electron chi connectivity index (χ0n) is 16.5. The predicted octanol–water partition coefficient (Wildman–Crippen LogP) is 5.48. The van der Waals surface area contributed by atoms with Crippen LogP contribution in [0.1, 0.15) is 12.5 Å². The summed E-state index contributed by atoms with van der Waals surface area (Å²) in [6, 6.07) is 23.5. The maximum atomic E-state index is 4.48. The van der Waals surface area contributed by atoms with Crippen LogP contribution in [0.3, 0.4) is 0 Å². The van der Waals surface area contributed by atoms with E-state index < -0.39 is 0 Å². The third-order valence-electron chi connectivity index (χ3n) is 4.91. The second-order valence-corrected chi connectivity index (χ2v) is 7.86. The highest BCUT2D eigenvalue weighted by Gasteiger charge is 2.14. The van der Waals surface area contributed by atoms with Crippen molar-refractivity contribution in [2.75, 3.05) is 19.0 Å². The van der Waals surface area contributed by atoms with Crippen LogP contribution >= 0.6 is 11.8 Å². The maximum Gasteiger partial charge on any atom is 0.191 e. The van der Waals surface area contributed by atoms with Crippen LogP contribution in [0.4, 0.5) is 5.69 Å². The fourth-order valence-corrected chi connectivity index (χ4v) is 4.37. The molecule has 0 N–H and O–H groups in total. The van der Waals surface area contributed by atoms with Crippen LogP contribution in [-0.2, 0) is 12.3 Å². The summed E-state index contributed by atoms with van der Waals surface area (Å²) in [6.45, 7) is 2.98. The van der Waals surface area contributed by atoms with Crippen LogP contribution in [-0.4, -0.2) is 28.9 Å². The van der Waals surface area contributed by atoms with Crippen LogP contribution in [0.25, 0.3) is 22.2 Å². The lowest BCUT2D eigenvalue weighted by Gasteiger charge is -2.13. The number of nitrogens with zero attached hydrogens (tertiary/aromatic N) is 4. The standard InChI is InChI=1S/C23H24N4S/c1-4-27-22(18-12-14-20(15-13-18)26(2)3)24-25-23(27)28-16-19-10-7-9-17-8-5-6-11-21(17)19/h5-15H,4,16H2,1-3H3. The summed E-state index contributed by atoms with van der Waals surface area (Å²) in [5, 5.41) is 12.5. The lowest BCUT2D eigenvalue weighted by molar-refractivity contribution is 0.687. The molecule has 0 saturated heterocycles. The molecule has 0 saturated carbocycles. The molecule has 5 heteroatoms. The number of thioether (sulfide) groups is 1. The summed E-state index contributed by atoms with van der Waals surface area (Å²) in [6.07, 6.45) is 0. The predicted molar refractivity (Wildman–Crippen MR) is 119 cm³/mol. The SMILES string of the molecule is CCn1c(SCc2cccc3ccccc23)nnc1-c1ccc(N(C)C)cc1. The number of rotatable bonds is 6. The van der Waals surface area contributed by atoms with Gasteiger partial charge in [0.05, 0.1) is 0 Å². The van der Waals surface area contributed by atoms with Crippen LogP contribution < -0.4 is 4.90 Å². The van der Waals surface area contributed by atoms with E-state index in [9.17, 15) is 0 Å². The molecule has 0 amide bonds. The molecule has 0 aliphatic heterocycles. The first kappa shape index (κ1) is 18.6. The highest BCUT2D eigenvalue weighted by Crippen LogP contribution is 2.29. The summed E-state index contributed by atoms with van der Waals surface area (Å²) in [5.74, 6) is 1.80. The fourth-order valence-electron chi connectivity index (χ4n) is 3.36. The first-order valence-corrected chi connectivity index (χ1v) is 10.5. The van der Waals surface area contributed by atoms with E-state index in [1.165, 1.54) is 22.0 Å². The van der Waals surface area contributed by atoms with E-state index in [4.69, 9.17) is 0 Å². The first-order valence-electron chi connectivity index (χ1n) is 9.47. The summed E-state index contributed by atoms with van der Waals surface area (Å²) in [4.78, 5) is 2.10. The molecule has 0 aliphatic rings. The van der Waals surface area contributed by atoms with E-state index >= 15 is 0 Å². The quantitative estimate of drug-likeness (QED) is 0.410. The van der Waals surface area contributed by atoms with Gasteiger partial charge in [0, 0.05) is 37.6 Å². The molecule has 4 nitrogen and oxygen atoms in total. The Morgan fingerprint density at radius 3 is 2.39 bits per heavy atom. The summed E-state index contributed by atoms with van der Waals surface area (Å²) in [7, 11) is 4.09. The monoisotopic (exact) mass is 388 g/mol. The summed E-state index contributed by atoms with van der Waals surface area (Å²) >= 11 is 1.74. The molecule has 1 aromatic heterocycles. The zero-order chi connectivity index (χ0) is 19.5. The number of hydrogen-bond donors (Lipinski definition) is 0. The van der Waals surface area contributed by atoms with Crippen LogP contribution in [0.2, 0.25) is 0 Å². The second-order valence-electron chi connectivity index (χ2n) is 6.92. The van der Waals surface area contributed by atoms with Gasteiger partial charge in [-0.2, -0.15) is 0 Å². The number of fused-ring (bicyclic) bond motifs is 1. The molecule has 142 valence electrons. The normalized spacial score (nSPS) is 11.1. The van der Waals surface area contributed by atoms with Crippen molar-refractivity contribution in [3.05, 3.63) is 72.3 Å². The first-order chi connectivity index (χ1) is 13.7. The van der Waals surface area contributed by atoms with Gasteiger partial charge in [0.1, 0.15) is 0 Å². The number of benzene rings is 3. The number of hydrogen-bond acceptors (Lipinski definition) is 4. The Morgan fingerprint density at radius 1 is 0.893 bits per heavy atom. The Labute approximate surface area is 170 Å². The topological polar surface area (TPSA) is 34.0 Å². The van der Waals surface area contributed by atoms with E-state index in [-0.39, 0.29) is 0 Å². The van der Waals surface area contributed by atoms with Crippen LogP contribution in [0.15, 0.2) is 71.9 Å². The summed E-state index contributed by atoms with van der Waals surface area (Å²) < 4.78 is 2.19. The lowest BCUT2D eigenvalue weighted by atomic mass is 10.1. The molecular weight excluding hydrogens is 364 g/mol. The smallest absolute Gasteiger partial charge is 0.191 e. The Balaban J connectivity index is 1.59. The van der Waals surface area contributed by atoms with Gasteiger partial charge in [0.15, 0.2) is 11.0 Å². The van der Waals surface area contributed by atoms with Gasteiger partial charge in [0.2, 0.25) is 0 Å². The van der Waals surface area contributed by atoms with Crippen molar-refractivity contribution < 1.29 is 0 Å². The van der Waals surface area contributed by atoms with Gasteiger partial charge in [0.25, 0.3) is 0 Å². The molecule has 0 aliphatic carbocycles. The van der Waals surface area contributed by atoms with Crippen molar-refractivity contribution in [1.29, 1.82) is 0 Å². The molecule has 28 heavy (non-hydrogen) atoms. The molecule has 1 heterocycles. The van der Waals surface area contributed by atoms with E-state index in [1.54, 1.807) is 11.8 Å². The highest BCUT2D eigenvalue weighted by atomic mass is 32.2. The molecule has 0 atom stereocenters. The Morgan fingerprint density at radius 2 is 1.64 bits per heavy atom. The molecular formula is C23H24N4S. The van der Waals surface area contributed by atoms with Gasteiger partial charge in [-0.1, -0.05) is 54.2 Å². The van der Waals surface area contributed by atoms with Crippen molar-refractivity contribution in [3.63, 3.8) is 0 Å². The molecule has 0 radical (unpaired) electrons. The zero-order valence-corrected chi connectivity index (χ0v) is 17.3. The number of anilines is 1. The van der Waals surface area contributed by atoms with Gasteiger partial charge in [-0.05, 0) is 47.5 Å². The van der Waals surface area contributed by atoms with Gasteiger partial charge >= 0.3 is 0 Å². The Bertz CT molecular complexity index is 1080. The van der Waals surface area contributed by atoms with E-state index in [1.807, 2.05) is 14.1 Å². The molecule has 0 unspecified atom stereocenters. The van der Waals surface area contributed by atoms with Crippen molar-refractivity contribution in [2.24, 2.45) is 0 Å². The Hall–Kier alpha value is -2.79. The lowest BCUT2D eigenvalue weighted by Crippen LogP contribution is -2.08. The molecule has 0 fully saturated rings. The van der Waals surface area contributed by atoms with Gasteiger partial charge < -0.3 is 9.47 Å². The maximum absolute atomic E-state index is 4.48. The molecule has 3 aromatic carbocycles. The average Bonchev–Trinajstić information content (AvgIpc) is 3.15. The van der Waals surface area contributed by atoms with E-state index in [0.717, 1.165) is 28.8 Å². The summed E-state index contributed by atoms with van der Waals surface area (Å²) in [5.41, 5.74) is 3.60. The van der Waals surface area contributed by atoms with Crippen LogP contribution in [0.5, 0.6) is 0 Å². The average molecular weight is 389 g/mol. The minimum Gasteiger partial charge on any atom is -0.378 e. The van der Waals surface area contributed by atoms with Gasteiger partial charge in [-0.3, -0.25) is 0 Å². The van der Waals surface area contributed by atoms with Gasteiger partial charge in [-0.25, -0.2) is 0 Å². The van der Waals surface area contributed by atoms with Crippen LogP contribution in [0, 0.1) is 0 Å². The molecule has 4 aromatic rings. The largest absolute Gasteiger partial charge is 0.378 e. The number of aromatic nitrogens is 3. The minimum atomic E-state index is 0.843. The second kappa shape index (κ2) is 8.07. The third kappa shape index (κ3) is 3.62. The van der Waals surface area contributed by atoms with Crippen molar-refractivity contribution >= 4 is 28.2 Å². The van der Waals surface area contributed by atoms with Crippen molar-refractivity contribution in [2.45, 2.75) is 24.4 Å². The van der Waals surface area contributed by atoms with Crippen molar-refractivity contribution in [3.8, 4) is 11.4 Å².